The summed E-state index contributed by atoms with van der Waals surface area (Å²) in [6.07, 6.45) is 7.31. The van der Waals surface area contributed by atoms with Crippen molar-refractivity contribution < 1.29 is 8.78 Å². The van der Waals surface area contributed by atoms with Crippen molar-refractivity contribution in [3.05, 3.63) is 75.9 Å². The molecule has 4 aromatic rings. The largest absolute Gasteiger partial charge is 0.350 e. The van der Waals surface area contributed by atoms with Crippen molar-refractivity contribution in [3.63, 3.8) is 0 Å². The summed E-state index contributed by atoms with van der Waals surface area (Å²) in [5.41, 5.74) is 2.60. The number of H-pyrrole nitrogens is 1. The van der Waals surface area contributed by atoms with Crippen LogP contribution in [0.5, 0.6) is 0 Å². The fourth-order valence-electron chi connectivity index (χ4n) is 3.70. The van der Waals surface area contributed by atoms with E-state index in [0.717, 1.165) is 23.2 Å². The van der Waals surface area contributed by atoms with Crippen LogP contribution in [0.15, 0.2) is 48.7 Å². The zero-order valence-corrected chi connectivity index (χ0v) is 20.0. The molecule has 9 heteroatoms. The predicted octanol–water partition coefficient (Wildman–Crippen LogP) is 6.97. The second kappa shape index (κ2) is 11.6. The van der Waals surface area contributed by atoms with Crippen LogP contribution in [0.1, 0.15) is 31.2 Å². The topological polar surface area (TPSA) is 65.6 Å². The fourth-order valence-corrected chi connectivity index (χ4v) is 4.30. The molecule has 0 radical (unpaired) electrons. The highest BCUT2D eigenvalue weighted by atomic mass is 35.5. The molecule has 0 amide bonds. The van der Waals surface area contributed by atoms with Crippen LogP contribution in [0, 0.1) is 11.6 Å². The molecule has 1 saturated heterocycles. The van der Waals surface area contributed by atoms with Gasteiger partial charge in [-0.25, -0.2) is 13.8 Å². The molecule has 1 fully saturated rings. The van der Waals surface area contributed by atoms with E-state index in [0.29, 0.717) is 32.8 Å². The molecule has 0 aliphatic carbocycles. The number of aromatic amines is 1. The monoisotopic (exact) mass is 503 g/mol. The standard InChI is InChI=1S/C19H12Cl2F2N4.C6H13N/c20-12-2-1-3-13(21)17(12)16-7-11-9-25-19(27-18(11)26-16)24-8-10-4-5-14(22)15(23)6-10;1-2-4-6-7-5-3-1/h1-7,9H,8H2,(H2,24,25,26,27);7H,1-6H2. The molecule has 5 rings (SSSR count). The van der Waals surface area contributed by atoms with Crippen LogP contribution in [-0.2, 0) is 6.54 Å². The zero-order valence-electron chi connectivity index (χ0n) is 18.5. The Morgan fingerprint density at radius 3 is 2.35 bits per heavy atom. The van der Waals surface area contributed by atoms with Gasteiger partial charge in [-0.2, -0.15) is 4.98 Å². The van der Waals surface area contributed by atoms with E-state index in [4.69, 9.17) is 23.2 Å². The van der Waals surface area contributed by atoms with Crippen molar-refractivity contribution in [2.24, 2.45) is 0 Å². The van der Waals surface area contributed by atoms with E-state index in [9.17, 15) is 8.78 Å². The van der Waals surface area contributed by atoms with Gasteiger partial charge in [-0.1, -0.05) is 48.2 Å². The highest BCUT2D eigenvalue weighted by Crippen LogP contribution is 2.35. The molecule has 0 spiro atoms. The number of rotatable bonds is 4. The Bertz CT molecular complexity index is 1220. The Balaban J connectivity index is 0.000000336. The molecule has 0 atom stereocenters. The molecule has 2 aromatic carbocycles. The Morgan fingerprint density at radius 1 is 0.912 bits per heavy atom. The summed E-state index contributed by atoms with van der Waals surface area (Å²) < 4.78 is 26.3. The van der Waals surface area contributed by atoms with E-state index in [1.165, 1.54) is 44.8 Å². The van der Waals surface area contributed by atoms with Gasteiger partial charge in [0.05, 0.1) is 15.7 Å². The van der Waals surface area contributed by atoms with Crippen molar-refractivity contribution in [1.82, 2.24) is 20.3 Å². The number of nitrogens with one attached hydrogen (secondary N) is 3. The fraction of sp³-hybridized carbons (Fsp3) is 0.280. The van der Waals surface area contributed by atoms with Gasteiger partial charge in [0, 0.05) is 23.7 Å². The third kappa shape index (κ3) is 6.23. The van der Waals surface area contributed by atoms with Crippen LogP contribution >= 0.6 is 23.2 Å². The Hall–Kier alpha value is -2.74. The Kier molecular flexibility index (Phi) is 8.32. The molecule has 1 aliphatic heterocycles. The van der Waals surface area contributed by atoms with Gasteiger partial charge in [-0.15, -0.1) is 0 Å². The first kappa shape index (κ1) is 24.4. The van der Waals surface area contributed by atoms with Gasteiger partial charge in [0.2, 0.25) is 5.95 Å². The Morgan fingerprint density at radius 2 is 1.65 bits per heavy atom. The van der Waals surface area contributed by atoms with Gasteiger partial charge >= 0.3 is 0 Å². The van der Waals surface area contributed by atoms with Gasteiger partial charge in [-0.05, 0) is 61.8 Å². The van der Waals surface area contributed by atoms with Crippen molar-refractivity contribution >= 4 is 40.2 Å². The smallest absolute Gasteiger partial charge is 0.224 e. The van der Waals surface area contributed by atoms with Gasteiger partial charge < -0.3 is 15.6 Å². The Labute approximate surface area is 206 Å². The summed E-state index contributed by atoms with van der Waals surface area (Å²) in [5.74, 6) is -1.42. The number of anilines is 1. The van der Waals surface area contributed by atoms with Crippen LogP contribution in [0.3, 0.4) is 0 Å². The summed E-state index contributed by atoms with van der Waals surface area (Å²) in [7, 11) is 0. The molecule has 2 aromatic heterocycles. The molecule has 3 heterocycles. The molecule has 0 bridgehead atoms. The number of hydrogen-bond donors (Lipinski definition) is 3. The quantitative estimate of drug-likeness (QED) is 0.281. The van der Waals surface area contributed by atoms with E-state index >= 15 is 0 Å². The second-order valence-corrected chi connectivity index (χ2v) is 8.86. The third-order valence-corrected chi connectivity index (χ3v) is 6.12. The van der Waals surface area contributed by atoms with Crippen molar-refractivity contribution in [1.29, 1.82) is 0 Å². The van der Waals surface area contributed by atoms with Gasteiger partial charge in [0.1, 0.15) is 5.65 Å². The van der Waals surface area contributed by atoms with E-state index in [-0.39, 0.29) is 6.54 Å². The zero-order chi connectivity index (χ0) is 23.9. The molecule has 0 unspecified atom stereocenters. The highest BCUT2D eigenvalue weighted by Gasteiger charge is 2.12. The van der Waals surface area contributed by atoms with Crippen molar-refractivity contribution in [3.8, 4) is 11.3 Å². The molecular formula is C25H25Cl2F2N5. The molecule has 1 aliphatic rings. The van der Waals surface area contributed by atoms with Gasteiger partial charge in [0.15, 0.2) is 11.6 Å². The minimum absolute atomic E-state index is 0.257. The minimum Gasteiger partial charge on any atom is -0.350 e. The maximum Gasteiger partial charge on any atom is 0.224 e. The van der Waals surface area contributed by atoms with Crippen LogP contribution in [0.25, 0.3) is 22.3 Å². The third-order valence-electron chi connectivity index (χ3n) is 5.49. The highest BCUT2D eigenvalue weighted by molar-refractivity contribution is 6.39. The van der Waals surface area contributed by atoms with Gasteiger partial charge in [-0.3, -0.25) is 0 Å². The molecule has 5 nitrogen and oxygen atoms in total. The van der Waals surface area contributed by atoms with E-state index < -0.39 is 11.6 Å². The molecular weight excluding hydrogens is 479 g/mol. The van der Waals surface area contributed by atoms with Gasteiger partial charge in [0.25, 0.3) is 0 Å². The lowest BCUT2D eigenvalue weighted by Gasteiger charge is -2.05. The molecule has 34 heavy (non-hydrogen) atoms. The number of benzene rings is 2. The van der Waals surface area contributed by atoms with Crippen molar-refractivity contribution in [2.45, 2.75) is 32.2 Å². The first-order valence-electron chi connectivity index (χ1n) is 11.2. The first-order valence-corrected chi connectivity index (χ1v) is 12.0. The summed E-state index contributed by atoms with van der Waals surface area (Å²) in [4.78, 5) is 11.8. The maximum atomic E-state index is 13.3. The van der Waals surface area contributed by atoms with E-state index in [2.05, 4.69) is 25.6 Å². The predicted molar refractivity (Wildman–Crippen MR) is 134 cm³/mol. The minimum atomic E-state index is -0.892. The van der Waals surface area contributed by atoms with Crippen LogP contribution in [-0.4, -0.2) is 28.0 Å². The summed E-state index contributed by atoms with van der Waals surface area (Å²) >= 11 is 12.5. The number of fused-ring (bicyclic) bond motifs is 1. The first-order chi connectivity index (χ1) is 16.5. The summed E-state index contributed by atoms with van der Waals surface area (Å²) in [5, 5.41) is 8.18. The normalized spacial score (nSPS) is 13.8. The number of aromatic nitrogens is 3. The molecule has 0 saturated carbocycles. The maximum absolute atomic E-state index is 13.3. The van der Waals surface area contributed by atoms with E-state index in [1.807, 2.05) is 6.07 Å². The molecule has 3 N–H and O–H groups in total. The lowest BCUT2D eigenvalue weighted by atomic mass is 10.1. The average Bonchev–Trinajstić information content (AvgIpc) is 3.01. The number of hydrogen-bond acceptors (Lipinski definition) is 4. The van der Waals surface area contributed by atoms with Crippen LogP contribution < -0.4 is 10.6 Å². The average molecular weight is 504 g/mol. The lowest BCUT2D eigenvalue weighted by molar-refractivity contribution is 0.507. The summed E-state index contributed by atoms with van der Waals surface area (Å²) in [6.45, 7) is 2.76. The van der Waals surface area contributed by atoms with Crippen LogP contribution in [0.2, 0.25) is 10.0 Å². The van der Waals surface area contributed by atoms with Crippen molar-refractivity contribution in [2.75, 3.05) is 18.4 Å². The number of nitrogens with zero attached hydrogens (tertiary/aromatic N) is 2. The number of halogens is 4. The van der Waals surface area contributed by atoms with E-state index in [1.54, 1.807) is 24.4 Å². The SMILES string of the molecule is C1CCCNCC1.Fc1ccc(CNc2ncc3cc(-c4c(Cl)cccc4Cl)[nH]c3n2)cc1F. The summed E-state index contributed by atoms with van der Waals surface area (Å²) in [6, 6.07) is 10.9. The molecule has 178 valence electrons. The second-order valence-electron chi connectivity index (χ2n) is 8.04. The lowest BCUT2D eigenvalue weighted by Crippen LogP contribution is -2.12. The van der Waals surface area contributed by atoms with Crippen LogP contribution in [0.4, 0.5) is 14.7 Å².